The molecule has 4 rings (SSSR count). The van der Waals surface area contributed by atoms with Crippen LogP contribution in [-0.2, 0) is 0 Å². The van der Waals surface area contributed by atoms with Gasteiger partial charge in [0.05, 0.1) is 20.7 Å². The van der Waals surface area contributed by atoms with E-state index in [1.54, 1.807) is 24.3 Å². The van der Waals surface area contributed by atoms with Crippen LogP contribution in [0.15, 0.2) is 35.4 Å². The second-order valence-corrected chi connectivity index (χ2v) is 19.7. The fraction of sp³-hybridized carbons (Fsp3) is 0.571. The summed E-state index contributed by atoms with van der Waals surface area (Å²) in [5, 5.41) is 11.3. The van der Waals surface area contributed by atoms with E-state index < -0.39 is 8.07 Å². The van der Waals surface area contributed by atoms with Crippen LogP contribution in [0, 0.1) is 19.3 Å². The predicted octanol–water partition coefficient (Wildman–Crippen LogP) is 9.88. The van der Waals surface area contributed by atoms with Crippen molar-refractivity contribution in [2.45, 2.75) is 117 Å². The molecule has 4 heteroatoms. The molecule has 212 valence electrons. The first-order chi connectivity index (χ1) is 18.1. The Bertz CT molecular complexity index is 1330. The quantitative estimate of drug-likeness (QED) is 0.278. The molecule has 0 radical (unpaired) electrons. The van der Waals surface area contributed by atoms with Gasteiger partial charge in [-0.3, -0.25) is 4.79 Å². The number of aryl methyl sites for hydroxylation is 2. The minimum absolute atomic E-state index is 0.00925. The lowest BCUT2D eigenvalue weighted by Crippen LogP contribution is -2.46. The van der Waals surface area contributed by atoms with Gasteiger partial charge in [0.15, 0.2) is 5.78 Å². The van der Waals surface area contributed by atoms with E-state index in [1.165, 1.54) is 25.7 Å². The summed E-state index contributed by atoms with van der Waals surface area (Å²) in [6.07, 6.45) is 5.81. The molecular formula is C35H50O3Si. The van der Waals surface area contributed by atoms with Crippen LogP contribution in [0.4, 0.5) is 0 Å². The average molecular weight is 547 g/mol. The first kappa shape index (κ1) is 29.6. The Labute approximate surface area is 238 Å². The maximum atomic E-state index is 13.9. The lowest BCUT2D eigenvalue weighted by Gasteiger charge is -2.51. The number of carbonyl (C=O) groups is 1. The molecule has 0 unspecified atom stereocenters. The summed E-state index contributed by atoms with van der Waals surface area (Å²) in [7, 11) is 0.0385. The summed E-state index contributed by atoms with van der Waals surface area (Å²) >= 11 is 0. The summed E-state index contributed by atoms with van der Waals surface area (Å²) in [6.45, 7) is 23.9. The number of phenolic OH excluding ortho intramolecular Hbond substituents is 1. The third-order valence-electron chi connectivity index (χ3n) is 11.0. The summed E-state index contributed by atoms with van der Waals surface area (Å²) in [6, 6.07) is 7.66. The molecule has 2 aromatic rings. The van der Waals surface area contributed by atoms with E-state index in [2.05, 4.69) is 67.6 Å². The zero-order valence-electron chi connectivity index (χ0n) is 26.3. The van der Waals surface area contributed by atoms with Gasteiger partial charge in [0.25, 0.3) is 0 Å². The number of hydrogen-bond acceptors (Lipinski definition) is 3. The number of ketones is 1. The van der Waals surface area contributed by atoms with E-state index in [0.29, 0.717) is 16.1 Å². The second-order valence-electron chi connectivity index (χ2n) is 14.2. The van der Waals surface area contributed by atoms with E-state index in [-0.39, 0.29) is 22.9 Å². The van der Waals surface area contributed by atoms with Crippen LogP contribution in [0.25, 0.3) is 0 Å². The summed E-state index contributed by atoms with van der Waals surface area (Å²) < 4.78 is 5.69. The highest BCUT2D eigenvalue weighted by atomic mass is 28.3. The number of ether oxygens (including phenoxy) is 1. The molecule has 2 aliphatic carbocycles. The minimum atomic E-state index is -1.65. The predicted molar refractivity (Wildman–Crippen MR) is 166 cm³/mol. The highest BCUT2D eigenvalue weighted by molar-refractivity contribution is 6.82. The van der Waals surface area contributed by atoms with Gasteiger partial charge in [0.1, 0.15) is 11.5 Å². The van der Waals surface area contributed by atoms with Gasteiger partial charge in [-0.2, -0.15) is 0 Å². The Balaban J connectivity index is 1.94. The van der Waals surface area contributed by atoms with E-state index in [1.807, 2.05) is 19.1 Å². The molecule has 0 saturated carbocycles. The molecule has 0 spiro atoms. The molecule has 0 amide bonds. The maximum Gasteiger partial charge on any atom is 0.197 e. The Morgan fingerprint density at radius 1 is 1.08 bits per heavy atom. The molecule has 3 nitrogen and oxygen atoms in total. The van der Waals surface area contributed by atoms with Crippen molar-refractivity contribution in [3.05, 3.63) is 68.8 Å². The summed E-state index contributed by atoms with van der Waals surface area (Å²) in [5.41, 5.74) is 9.08. The van der Waals surface area contributed by atoms with Crippen molar-refractivity contribution < 1.29 is 14.6 Å². The molecule has 0 aromatic heterocycles. The fourth-order valence-electron chi connectivity index (χ4n) is 7.95. The molecule has 0 heterocycles. The molecule has 2 aromatic carbocycles. The molecular weight excluding hydrogens is 496 g/mol. The molecule has 1 N–H and O–H groups in total. The molecule has 0 bridgehead atoms. The minimum Gasteiger partial charge on any atom is -0.507 e. The smallest absolute Gasteiger partial charge is 0.197 e. The van der Waals surface area contributed by atoms with Crippen LogP contribution in [0.3, 0.4) is 0 Å². The fourth-order valence-corrected chi connectivity index (χ4v) is 11.9. The molecule has 0 fully saturated rings. The highest BCUT2D eigenvalue weighted by Crippen LogP contribution is 2.58. The van der Waals surface area contributed by atoms with Gasteiger partial charge in [0, 0.05) is 11.5 Å². The van der Waals surface area contributed by atoms with Crippen molar-refractivity contribution in [3.63, 3.8) is 0 Å². The Hall–Kier alpha value is -2.33. The van der Waals surface area contributed by atoms with Gasteiger partial charge < -0.3 is 9.84 Å². The van der Waals surface area contributed by atoms with Crippen molar-refractivity contribution in [3.8, 4) is 11.5 Å². The third-order valence-corrected chi connectivity index (χ3v) is 17.2. The monoisotopic (exact) mass is 546 g/mol. The van der Waals surface area contributed by atoms with E-state index >= 15 is 0 Å². The van der Waals surface area contributed by atoms with Gasteiger partial charge >= 0.3 is 0 Å². The Morgan fingerprint density at radius 2 is 1.74 bits per heavy atom. The van der Waals surface area contributed by atoms with Gasteiger partial charge in [0.2, 0.25) is 0 Å². The van der Waals surface area contributed by atoms with Gasteiger partial charge in [-0.1, -0.05) is 77.8 Å². The van der Waals surface area contributed by atoms with Crippen molar-refractivity contribution in [1.82, 2.24) is 0 Å². The summed E-state index contributed by atoms with van der Waals surface area (Å²) in [4.78, 5) is 13.9. The summed E-state index contributed by atoms with van der Waals surface area (Å²) in [5.74, 6) is 0.795. The van der Waals surface area contributed by atoms with Gasteiger partial charge in [-0.25, -0.2) is 0 Å². The van der Waals surface area contributed by atoms with Crippen molar-refractivity contribution in [2.75, 3.05) is 7.11 Å². The Morgan fingerprint density at radius 3 is 2.36 bits per heavy atom. The van der Waals surface area contributed by atoms with Crippen LogP contribution in [0.5, 0.6) is 11.5 Å². The number of carbonyl (C=O) groups excluding carboxylic acids is 1. The Kier molecular flexibility index (Phi) is 7.79. The van der Waals surface area contributed by atoms with Crippen molar-refractivity contribution >= 4 is 13.9 Å². The molecule has 39 heavy (non-hydrogen) atoms. The van der Waals surface area contributed by atoms with Crippen LogP contribution in [-0.4, -0.2) is 26.1 Å². The SMILES string of the molecule is CCCC(C)(C)[Si](C)(C)[C@@H]1CCC(C)(C)C(C[C@H]2c3cc(OC)cc(C)c3C(=O)c3c(O)ccc(C)c32)=C1C. The van der Waals surface area contributed by atoms with E-state index in [4.69, 9.17) is 4.74 Å². The molecule has 2 atom stereocenters. The van der Waals surface area contributed by atoms with Gasteiger partial charge in [-0.05, 0) is 96.5 Å². The van der Waals surface area contributed by atoms with Crippen LogP contribution in [0.1, 0.15) is 118 Å². The lowest BCUT2D eigenvalue weighted by atomic mass is 9.65. The molecule has 2 aliphatic rings. The van der Waals surface area contributed by atoms with Crippen molar-refractivity contribution in [2.24, 2.45) is 5.41 Å². The molecule has 0 aliphatic heterocycles. The zero-order valence-corrected chi connectivity index (χ0v) is 27.3. The largest absolute Gasteiger partial charge is 0.507 e. The number of aromatic hydroxyl groups is 1. The standard InChI is InChI=1S/C35H50O3Si/c1-12-16-35(7,8)39(10,11)29-15-17-34(5,6)27(23(29)4)20-26-25-19-24(38-9)18-22(3)31(25)33(37)32-28(36)14-13-21(2)30(26)32/h13-14,18-19,26,29,36H,12,15-17,20H2,1-11H3/t26-,29+/m0/s1. The van der Waals surface area contributed by atoms with Crippen LogP contribution >= 0.6 is 0 Å². The number of benzene rings is 2. The van der Waals surface area contributed by atoms with E-state index in [0.717, 1.165) is 40.0 Å². The lowest BCUT2D eigenvalue weighted by molar-refractivity contribution is 0.103. The zero-order chi connectivity index (χ0) is 29.1. The first-order valence-corrected chi connectivity index (χ1v) is 17.9. The van der Waals surface area contributed by atoms with E-state index in [9.17, 15) is 9.90 Å². The average Bonchev–Trinajstić information content (AvgIpc) is 2.84. The second kappa shape index (κ2) is 10.3. The number of methoxy groups -OCH3 is 1. The van der Waals surface area contributed by atoms with Crippen molar-refractivity contribution in [1.29, 1.82) is 0 Å². The first-order valence-electron chi connectivity index (χ1n) is 14.8. The number of phenols is 1. The normalized spacial score (nSPS) is 21.1. The number of allylic oxidation sites excluding steroid dienone is 2. The number of fused-ring (bicyclic) bond motifs is 2. The topological polar surface area (TPSA) is 46.5 Å². The highest BCUT2D eigenvalue weighted by Gasteiger charge is 2.49. The molecule has 0 saturated heterocycles. The third kappa shape index (κ3) is 4.81. The maximum absolute atomic E-state index is 13.9. The van der Waals surface area contributed by atoms with Gasteiger partial charge in [-0.15, -0.1) is 0 Å². The number of hydrogen-bond donors (Lipinski definition) is 1. The number of rotatable bonds is 7. The van der Waals surface area contributed by atoms with Crippen LogP contribution in [0.2, 0.25) is 23.7 Å². The van der Waals surface area contributed by atoms with Crippen LogP contribution < -0.4 is 4.74 Å².